The van der Waals surface area contributed by atoms with Crippen LogP contribution in [-0.2, 0) is 11.3 Å². The maximum atomic E-state index is 12.6. The van der Waals surface area contributed by atoms with E-state index in [1.54, 1.807) is 24.3 Å². The van der Waals surface area contributed by atoms with Gasteiger partial charge in [-0.15, -0.1) is 0 Å². The minimum atomic E-state index is -0.222. The van der Waals surface area contributed by atoms with Gasteiger partial charge in [-0.05, 0) is 30.5 Å². The Morgan fingerprint density at radius 1 is 1.00 bits per heavy atom. The van der Waals surface area contributed by atoms with Crippen molar-refractivity contribution in [1.82, 2.24) is 10.2 Å². The normalized spacial score (nSPS) is 13.2. The third-order valence-corrected chi connectivity index (χ3v) is 5.96. The van der Waals surface area contributed by atoms with Gasteiger partial charge in [0.25, 0.3) is 5.91 Å². The minimum absolute atomic E-state index is 0.171. The average molecular weight is 414 g/mol. The Morgan fingerprint density at radius 2 is 1.68 bits per heavy atom. The van der Waals surface area contributed by atoms with Gasteiger partial charge in [-0.25, -0.2) is 0 Å². The zero-order valence-corrected chi connectivity index (χ0v) is 17.2. The largest absolute Gasteiger partial charge is 0.358 e. The fourth-order valence-corrected chi connectivity index (χ4v) is 4.02. The summed E-state index contributed by atoms with van der Waals surface area (Å²) in [6, 6.07) is 16.7. The SMILES string of the molecule is O=C(CSC(=S)N1CCCC1)Nc1ccccc1C(=O)NCc1ccccc1. The summed E-state index contributed by atoms with van der Waals surface area (Å²) in [6.45, 7) is 2.37. The molecule has 0 saturated carbocycles. The Bertz CT molecular complexity index is 837. The summed E-state index contributed by atoms with van der Waals surface area (Å²) < 4.78 is 0.765. The number of thiocarbonyl (C=S) groups is 1. The smallest absolute Gasteiger partial charge is 0.253 e. The number of nitrogens with one attached hydrogen (secondary N) is 2. The number of likely N-dealkylation sites (tertiary alicyclic amines) is 1. The fourth-order valence-electron chi connectivity index (χ4n) is 2.97. The molecule has 28 heavy (non-hydrogen) atoms. The van der Waals surface area contributed by atoms with Crippen LogP contribution >= 0.6 is 24.0 Å². The summed E-state index contributed by atoms with van der Waals surface area (Å²) in [5.74, 6) is -0.162. The summed E-state index contributed by atoms with van der Waals surface area (Å²) >= 11 is 6.76. The Hall–Kier alpha value is -2.38. The molecule has 1 aliphatic rings. The van der Waals surface area contributed by atoms with E-state index in [1.807, 2.05) is 30.3 Å². The van der Waals surface area contributed by atoms with Gasteiger partial charge in [0.2, 0.25) is 5.91 Å². The molecular formula is C21H23N3O2S2. The fraction of sp³-hybridized carbons (Fsp3) is 0.286. The third-order valence-electron chi connectivity index (χ3n) is 4.43. The van der Waals surface area contributed by atoms with Crippen molar-refractivity contribution in [3.05, 3.63) is 65.7 Å². The van der Waals surface area contributed by atoms with Crippen LogP contribution in [0.5, 0.6) is 0 Å². The lowest BCUT2D eigenvalue weighted by Crippen LogP contribution is -2.27. The Labute approximate surface area is 174 Å². The molecule has 5 nitrogen and oxygen atoms in total. The molecule has 1 heterocycles. The van der Waals surface area contributed by atoms with E-state index in [0.717, 1.165) is 35.8 Å². The molecule has 0 spiro atoms. The van der Waals surface area contributed by atoms with Crippen LogP contribution in [-0.4, -0.2) is 39.9 Å². The topological polar surface area (TPSA) is 61.4 Å². The Kier molecular flexibility index (Phi) is 7.45. The van der Waals surface area contributed by atoms with Gasteiger partial charge < -0.3 is 15.5 Å². The van der Waals surface area contributed by atoms with Crippen molar-refractivity contribution >= 4 is 45.8 Å². The summed E-state index contributed by atoms with van der Waals surface area (Å²) in [4.78, 5) is 27.0. The number of nitrogens with zero attached hydrogens (tertiary/aromatic N) is 1. The lowest BCUT2D eigenvalue weighted by Gasteiger charge is -2.17. The highest BCUT2D eigenvalue weighted by Gasteiger charge is 2.17. The molecule has 7 heteroatoms. The number of hydrogen-bond donors (Lipinski definition) is 2. The minimum Gasteiger partial charge on any atom is -0.358 e. The molecule has 2 aromatic carbocycles. The average Bonchev–Trinajstić information content (AvgIpc) is 3.26. The first-order chi connectivity index (χ1) is 13.6. The van der Waals surface area contributed by atoms with E-state index in [2.05, 4.69) is 15.5 Å². The first-order valence-electron chi connectivity index (χ1n) is 9.26. The van der Waals surface area contributed by atoms with Gasteiger partial charge in [-0.1, -0.05) is 66.4 Å². The van der Waals surface area contributed by atoms with Crippen LogP contribution in [0.4, 0.5) is 5.69 Å². The summed E-state index contributed by atoms with van der Waals surface area (Å²) in [5, 5.41) is 5.73. The standard InChI is InChI=1S/C21H23N3O2S2/c25-19(15-28-21(27)24-12-6-7-13-24)23-18-11-5-4-10-17(18)20(26)22-14-16-8-2-1-3-9-16/h1-5,8-11H,6-7,12-15H2,(H,22,26)(H,23,25). The number of benzene rings is 2. The molecule has 0 radical (unpaired) electrons. The van der Waals surface area contributed by atoms with E-state index in [-0.39, 0.29) is 17.6 Å². The molecule has 146 valence electrons. The van der Waals surface area contributed by atoms with Crippen molar-refractivity contribution in [3.63, 3.8) is 0 Å². The van der Waals surface area contributed by atoms with Crippen LogP contribution in [0.15, 0.2) is 54.6 Å². The van der Waals surface area contributed by atoms with Crippen LogP contribution in [0.25, 0.3) is 0 Å². The number of carbonyl (C=O) groups excluding carboxylic acids is 2. The summed E-state index contributed by atoms with van der Waals surface area (Å²) in [6.07, 6.45) is 2.30. The van der Waals surface area contributed by atoms with Gasteiger partial charge in [-0.2, -0.15) is 0 Å². The number of anilines is 1. The highest BCUT2D eigenvalue weighted by Crippen LogP contribution is 2.18. The predicted octanol–water partition coefficient (Wildman–Crippen LogP) is 3.67. The monoisotopic (exact) mass is 413 g/mol. The number of hydrogen-bond acceptors (Lipinski definition) is 4. The van der Waals surface area contributed by atoms with Gasteiger partial charge in [0.15, 0.2) is 0 Å². The molecule has 2 amide bonds. The van der Waals surface area contributed by atoms with Gasteiger partial charge in [0, 0.05) is 19.6 Å². The van der Waals surface area contributed by atoms with Crippen molar-refractivity contribution < 1.29 is 9.59 Å². The van der Waals surface area contributed by atoms with Gasteiger partial charge in [-0.3, -0.25) is 9.59 Å². The number of amides is 2. The molecule has 1 fully saturated rings. The van der Waals surface area contributed by atoms with E-state index >= 15 is 0 Å². The Balaban J connectivity index is 1.54. The maximum Gasteiger partial charge on any atom is 0.253 e. The van der Waals surface area contributed by atoms with Crippen molar-refractivity contribution in [2.45, 2.75) is 19.4 Å². The van der Waals surface area contributed by atoms with Crippen LogP contribution in [0.2, 0.25) is 0 Å². The molecule has 0 atom stereocenters. The molecule has 0 aliphatic carbocycles. The molecule has 2 N–H and O–H groups in total. The first-order valence-corrected chi connectivity index (χ1v) is 10.7. The summed E-state index contributed by atoms with van der Waals surface area (Å²) in [7, 11) is 0. The second-order valence-corrected chi connectivity index (χ2v) is 8.12. The quantitative estimate of drug-likeness (QED) is 0.708. The molecule has 1 aliphatic heterocycles. The van der Waals surface area contributed by atoms with Gasteiger partial charge >= 0.3 is 0 Å². The van der Waals surface area contributed by atoms with Crippen LogP contribution in [0.1, 0.15) is 28.8 Å². The van der Waals surface area contributed by atoms with E-state index in [4.69, 9.17) is 12.2 Å². The zero-order chi connectivity index (χ0) is 19.8. The maximum absolute atomic E-state index is 12.6. The number of para-hydroxylation sites is 1. The van der Waals surface area contributed by atoms with Crippen molar-refractivity contribution in [2.75, 3.05) is 24.2 Å². The third kappa shape index (κ3) is 5.81. The molecule has 0 bridgehead atoms. The first kappa shape index (κ1) is 20.4. The predicted molar refractivity (Wildman–Crippen MR) is 119 cm³/mol. The summed E-state index contributed by atoms with van der Waals surface area (Å²) in [5.41, 5.74) is 1.97. The van der Waals surface area contributed by atoms with Crippen LogP contribution in [0, 0.1) is 0 Å². The highest BCUT2D eigenvalue weighted by atomic mass is 32.2. The number of thioether (sulfide) groups is 1. The van der Waals surface area contributed by atoms with Crippen molar-refractivity contribution in [3.8, 4) is 0 Å². The molecular weight excluding hydrogens is 390 g/mol. The lowest BCUT2D eigenvalue weighted by atomic mass is 10.1. The van der Waals surface area contributed by atoms with E-state index in [0.29, 0.717) is 17.8 Å². The van der Waals surface area contributed by atoms with Crippen LogP contribution < -0.4 is 10.6 Å². The molecule has 0 aromatic heterocycles. The number of carbonyl (C=O) groups is 2. The second kappa shape index (κ2) is 10.2. The van der Waals surface area contributed by atoms with Gasteiger partial charge in [0.1, 0.15) is 4.32 Å². The van der Waals surface area contributed by atoms with E-state index < -0.39 is 0 Å². The molecule has 2 aromatic rings. The Morgan fingerprint density at radius 3 is 2.43 bits per heavy atom. The van der Waals surface area contributed by atoms with Crippen LogP contribution in [0.3, 0.4) is 0 Å². The van der Waals surface area contributed by atoms with Crippen molar-refractivity contribution in [2.24, 2.45) is 0 Å². The van der Waals surface area contributed by atoms with E-state index in [9.17, 15) is 9.59 Å². The molecule has 3 rings (SSSR count). The second-order valence-electron chi connectivity index (χ2n) is 6.51. The van der Waals surface area contributed by atoms with Gasteiger partial charge in [0.05, 0.1) is 17.0 Å². The highest BCUT2D eigenvalue weighted by molar-refractivity contribution is 8.23. The number of rotatable bonds is 6. The zero-order valence-electron chi connectivity index (χ0n) is 15.5. The lowest BCUT2D eigenvalue weighted by molar-refractivity contribution is -0.113. The molecule has 0 unspecified atom stereocenters. The van der Waals surface area contributed by atoms with Crippen molar-refractivity contribution in [1.29, 1.82) is 0 Å². The molecule has 1 saturated heterocycles. The van der Waals surface area contributed by atoms with E-state index in [1.165, 1.54) is 11.8 Å².